The lowest BCUT2D eigenvalue weighted by Gasteiger charge is -2.12. The Hall–Kier alpha value is -0.790. The molecule has 1 N–H and O–H groups in total. The van der Waals surface area contributed by atoms with E-state index in [1.807, 2.05) is 0 Å². The van der Waals surface area contributed by atoms with E-state index in [1.165, 1.54) is 5.69 Å². The lowest BCUT2D eigenvalue weighted by Crippen LogP contribution is -2.03. The van der Waals surface area contributed by atoms with Crippen molar-refractivity contribution in [2.75, 3.05) is 0 Å². The van der Waals surface area contributed by atoms with Crippen LogP contribution in [0.15, 0.2) is 6.20 Å². The maximum atomic E-state index is 4.65. The largest absolute Gasteiger partial charge is 0.348 e. The molecule has 0 saturated carbocycles. The van der Waals surface area contributed by atoms with E-state index in [9.17, 15) is 0 Å². The van der Waals surface area contributed by atoms with Crippen molar-refractivity contribution in [3.8, 4) is 0 Å². The van der Waals surface area contributed by atoms with Crippen molar-refractivity contribution in [1.82, 2.24) is 9.97 Å². The van der Waals surface area contributed by atoms with E-state index in [2.05, 4.69) is 50.8 Å². The van der Waals surface area contributed by atoms with Gasteiger partial charge >= 0.3 is 0 Å². The zero-order chi connectivity index (χ0) is 10.7. The summed E-state index contributed by atoms with van der Waals surface area (Å²) in [6.45, 7) is 11.1. The van der Waals surface area contributed by atoms with Crippen LogP contribution in [0.5, 0.6) is 0 Å². The summed E-state index contributed by atoms with van der Waals surface area (Å²) < 4.78 is 0. The second kappa shape index (κ2) is 4.63. The standard InChI is InChI=1S/C12H22N2/c1-6-9(4)12-13-7-11(14-12)10(5)8(2)3/h7-10H,6H2,1-5H3,(H,13,14). The molecule has 1 aromatic heterocycles. The molecule has 80 valence electrons. The zero-order valence-electron chi connectivity index (χ0n) is 9.96. The zero-order valence-corrected chi connectivity index (χ0v) is 9.96. The van der Waals surface area contributed by atoms with Crippen LogP contribution in [0, 0.1) is 5.92 Å². The van der Waals surface area contributed by atoms with E-state index >= 15 is 0 Å². The third-order valence-corrected chi connectivity index (χ3v) is 3.16. The summed E-state index contributed by atoms with van der Waals surface area (Å²) in [5.41, 5.74) is 1.20. The number of aromatic amines is 1. The number of H-pyrrole nitrogens is 1. The van der Waals surface area contributed by atoms with Crippen molar-refractivity contribution in [2.45, 2.75) is 52.9 Å². The third-order valence-electron chi connectivity index (χ3n) is 3.16. The fourth-order valence-electron chi connectivity index (χ4n) is 1.37. The minimum Gasteiger partial charge on any atom is -0.348 e. The molecule has 2 atom stereocenters. The molecule has 2 heteroatoms. The average molecular weight is 194 g/mol. The van der Waals surface area contributed by atoms with Crippen LogP contribution in [-0.4, -0.2) is 9.97 Å². The number of hydrogen-bond acceptors (Lipinski definition) is 1. The van der Waals surface area contributed by atoms with Crippen molar-refractivity contribution >= 4 is 0 Å². The Morgan fingerprint density at radius 1 is 1.29 bits per heavy atom. The third kappa shape index (κ3) is 2.37. The number of hydrogen-bond donors (Lipinski definition) is 1. The van der Waals surface area contributed by atoms with Crippen LogP contribution >= 0.6 is 0 Å². The van der Waals surface area contributed by atoms with Gasteiger partial charge in [0.25, 0.3) is 0 Å². The molecule has 0 aliphatic rings. The molecule has 1 rings (SSSR count). The van der Waals surface area contributed by atoms with Gasteiger partial charge in [-0.1, -0.05) is 34.6 Å². The van der Waals surface area contributed by atoms with Gasteiger partial charge in [-0.15, -0.1) is 0 Å². The minimum atomic E-state index is 0.545. The Morgan fingerprint density at radius 2 is 1.93 bits per heavy atom. The predicted octanol–water partition coefficient (Wildman–Crippen LogP) is 3.68. The SMILES string of the molecule is CCC(C)c1nc(C(C)C(C)C)c[nH]1. The highest BCUT2D eigenvalue weighted by Crippen LogP contribution is 2.24. The van der Waals surface area contributed by atoms with E-state index in [-0.39, 0.29) is 0 Å². The Labute approximate surface area is 87.1 Å². The van der Waals surface area contributed by atoms with Gasteiger partial charge in [-0.05, 0) is 12.3 Å². The number of nitrogens with zero attached hydrogens (tertiary/aromatic N) is 1. The highest BCUT2D eigenvalue weighted by atomic mass is 14.9. The van der Waals surface area contributed by atoms with Gasteiger partial charge in [-0.25, -0.2) is 4.98 Å². The van der Waals surface area contributed by atoms with Crippen LogP contribution in [0.4, 0.5) is 0 Å². The predicted molar refractivity (Wildman–Crippen MR) is 60.5 cm³/mol. The normalized spacial score (nSPS) is 15.9. The van der Waals surface area contributed by atoms with E-state index in [4.69, 9.17) is 0 Å². The highest BCUT2D eigenvalue weighted by molar-refractivity contribution is 5.09. The lowest BCUT2D eigenvalue weighted by atomic mass is 9.95. The topological polar surface area (TPSA) is 28.7 Å². The summed E-state index contributed by atoms with van der Waals surface area (Å²) in [7, 11) is 0. The van der Waals surface area contributed by atoms with Crippen LogP contribution in [-0.2, 0) is 0 Å². The molecule has 0 spiro atoms. The maximum absolute atomic E-state index is 4.65. The smallest absolute Gasteiger partial charge is 0.109 e. The fraction of sp³-hybridized carbons (Fsp3) is 0.750. The first kappa shape index (κ1) is 11.3. The molecule has 2 unspecified atom stereocenters. The molecule has 1 heterocycles. The van der Waals surface area contributed by atoms with Crippen molar-refractivity contribution in [3.05, 3.63) is 17.7 Å². The molecule has 0 radical (unpaired) electrons. The summed E-state index contributed by atoms with van der Waals surface area (Å²) >= 11 is 0. The van der Waals surface area contributed by atoms with Crippen molar-refractivity contribution in [3.63, 3.8) is 0 Å². The van der Waals surface area contributed by atoms with Crippen LogP contribution in [0.1, 0.15) is 64.4 Å². The second-order valence-electron chi connectivity index (χ2n) is 4.55. The van der Waals surface area contributed by atoms with E-state index in [0.29, 0.717) is 17.8 Å². The quantitative estimate of drug-likeness (QED) is 0.778. The molecule has 2 nitrogen and oxygen atoms in total. The monoisotopic (exact) mass is 194 g/mol. The molecular formula is C12H22N2. The van der Waals surface area contributed by atoms with Crippen LogP contribution in [0.2, 0.25) is 0 Å². The Bertz CT molecular complexity index is 276. The van der Waals surface area contributed by atoms with Gasteiger partial charge in [-0.2, -0.15) is 0 Å². The van der Waals surface area contributed by atoms with Gasteiger partial charge in [0.15, 0.2) is 0 Å². The second-order valence-corrected chi connectivity index (χ2v) is 4.55. The minimum absolute atomic E-state index is 0.545. The van der Waals surface area contributed by atoms with Crippen LogP contribution in [0.25, 0.3) is 0 Å². The maximum Gasteiger partial charge on any atom is 0.109 e. The number of aromatic nitrogens is 2. The summed E-state index contributed by atoms with van der Waals surface area (Å²) in [4.78, 5) is 7.93. The van der Waals surface area contributed by atoms with Crippen molar-refractivity contribution < 1.29 is 0 Å². The fourth-order valence-corrected chi connectivity index (χ4v) is 1.37. The first-order valence-electron chi connectivity index (χ1n) is 5.61. The highest BCUT2D eigenvalue weighted by Gasteiger charge is 2.14. The molecule has 1 aromatic rings. The van der Waals surface area contributed by atoms with Gasteiger partial charge in [0.05, 0.1) is 5.69 Å². The lowest BCUT2D eigenvalue weighted by molar-refractivity contribution is 0.523. The molecule has 0 bridgehead atoms. The summed E-state index contributed by atoms with van der Waals surface area (Å²) in [5, 5.41) is 0. The molecule has 0 aromatic carbocycles. The Balaban J connectivity index is 2.77. The number of nitrogens with one attached hydrogen (secondary N) is 1. The van der Waals surface area contributed by atoms with E-state index in [0.717, 1.165) is 12.2 Å². The van der Waals surface area contributed by atoms with Gasteiger partial charge in [0, 0.05) is 18.0 Å². The average Bonchev–Trinajstić information content (AvgIpc) is 2.64. The first-order valence-corrected chi connectivity index (χ1v) is 5.61. The molecule has 0 fully saturated rings. The molecule has 14 heavy (non-hydrogen) atoms. The molecular weight excluding hydrogens is 172 g/mol. The first-order chi connectivity index (χ1) is 6.56. The van der Waals surface area contributed by atoms with E-state index < -0.39 is 0 Å². The molecule has 0 saturated heterocycles. The van der Waals surface area contributed by atoms with Crippen molar-refractivity contribution in [1.29, 1.82) is 0 Å². The van der Waals surface area contributed by atoms with E-state index in [1.54, 1.807) is 0 Å². The number of imidazole rings is 1. The summed E-state index contributed by atoms with van der Waals surface area (Å²) in [6.07, 6.45) is 3.20. The molecule has 0 amide bonds. The van der Waals surface area contributed by atoms with Crippen LogP contribution < -0.4 is 0 Å². The van der Waals surface area contributed by atoms with Crippen LogP contribution in [0.3, 0.4) is 0 Å². The van der Waals surface area contributed by atoms with Gasteiger partial charge in [0.1, 0.15) is 5.82 Å². The Morgan fingerprint density at radius 3 is 2.43 bits per heavy atom. The molecule has 0 aliphatic carbocycles. The summed E-state index contributed by atoms with van der Waals surface area (Å²) in [6, 6.07) is 0. The summed E-state index contributed by atoms with van der Waals surface area (Å²) in [5.74, 6) is 2.88. The number of rotatable bonds is 4. The van der Waals surface area contributed by atoms with Gasteiger partial charge in [0.2, 0.25) is 0 Å². The van der Waals surface area contributed by atoms with Crippen molar-refractivity contribution in [2.24, 2.45) is 5.92 Å². The van der Waals surface area contributed by atoms with Gasteiger partial charge in [-0.3, -0.25) is 0 Å². The van der Waals surface area contributed by atoms with Gasteiger partial charge < -0.3 is 4.98 Å². The molecule has 0 aliphatic heterocycles. The Kier molecular flexibility index (Phi) is 3.73.